The van der Waals surface area contributed by atoms with E-state index in [1.54, 1.807) is 6.92 Å². The Hall–Kier alpha value is 0.0700. The Morgan fingerprint density at radius 2 is 2.12 bits per heavy atom. The number of hydrogen-bond donors (Lipinski definition) is 1. The minimum Gasteiger partial charge on any atom is -0.336 e. The van der Waals surface area contributed by atoms with Crippen LogP contribution in [0.1, 0.15) is 32.6 Å². The molecular weight excluding hydrogens is 244 g/mol. The topological polar surface area (TPSA) is 46.3 Å². The van der Waals surface area contributed by atoms with Crippen LogP contribution in [0.5, 0.6) is 0 Å². The molecule has 1 amide bonds. The highest BCUT2D eigenvalue weighted by Crippen LogP contribution is 2.35. The Balaban J connectivity index is 0.00000128. The van der Waals surface area contributed by atoms with Gasteiger partial charge in [0.2, 0.25) is 5.91 Å². The van der Waals surface area contributed by atoms with E-state index in [0.29, 0.717) is 11.3 Å². The van der Waals surface area contributed by atoms with E-state index in [0.717, 1.165) is 12.3 Å². The molecular formula is C11H21ClN2OS. The van der Waals surface area contributed by atoms with Gasteiger partial charge < -0.3 is 10.6 Å². The quantitative estimate of drug-likeness (QED) is 0.783. The molecule has 3 nitrogen and oxygen atoms in total. The van der Waals surface area contributed by atoms with Gasteiger partial charge in [0.15, 0.2) is 0 Å². The first kappa shape index (κ1) is 14.1. The van der Waals surface area contributed by atoms with Crippen LogP contribution in [0.2, 0.25) is 0 Å². The number of carbonyl (C=O) groups is 1. The molecule has 2 aliphatic rings. The average Bonchev–Trinajstić information content (AvgIpc) is 2.27. The molecule has 2 N–H and O–H groups in total. The van der Waals surface area contributed by atoms with Gasteiger partial charge in [-0.05, 0) is 19.8 Å². The van der Waals surface area contributed by atoms with Gasteiger partial charge in [0.25, 0.3) is 0 Å². The van der Waals surface area contributed by atoms with Crippen molar-refractivity contribution >= 4 is 30.1 Å². The van der Waals surface area contributed by atoms with Crippen molar-refractivity contribution in [2.45, 2.75) is 49.9 Å². The first-order valence-electron chi connectivity index (χ1n) is 5.88. The lowest BCUT2D eigenvalue weighted by Gasteiger charge is -2.44. The lowest BCUT2D eigenvalue weighted by atomic mass is 9.93. The molecule has 3 atom stereocenters. The van der Waals surface area contributed by atoms with E-state index >= 15 is 0 Å². The summed E-state index contributed by atoms with van der Waals surface area (Å²) in [7, 11) is 0. The van der Waals surface area contributed by atoms with Gasteiger partial charge in [0.05, 0.1) is 6.04 Å². The molecule has 2 rings (SSSR count). The Morgan fingerprint density at radius 1 is 1.44 bits per heavy atom. The summed E-state index contributed by atoms with van der Waals surface area (Å²) in [5.74, 6) is 1.23. The van der Waals surface area contributed by atoms with Crippen molar-refractivity contribution in [1.82, 2.24) is 4.90 Å². The zero-order chi connectivity index (χ0) is 10.8. The summed E-state index contributed by atoms with van der Waals surface area (Å²) >= 11 is 2.05. The number of rotatable bonds is 1. The fraction of sp³-hybridized carbons (Fsp3) is 0.909. The summed E-state index contributed by atoms with van der Waals surface area (Å²) in [5.41, 5.74) is 5.69. The van der Waals surface area contributed by atoms with Crippen molar-refractivity contribution < 1.29 is 4.79 Å². The SMILES string of the molecule is CC(N)C(=O)N1CCSC2CCCCC21.Cl. The van der Waals surface area contributed by atoms with E-state index in [4.69, 9.17) is 5.73 Å². The minimum absolute atomic E-state index is 0. The van der Waals surface area contributed by atoms with Crippen LogP contribution in [-0.4, -0.2) is 40.4 Å². The van der Waals surface area contributed by atoms with Gasteiger partial charge in [-0.2, -0.15) is 11.8 Å². The maximum Gasteiger partial charge on any atom is 0.239 e. The second kappa shape index (κ2) is 6.12. The molecule has 0 radical (unpaired) electrons. The highest BCUT2D eigenvalue weighted by molar-refractivity contribution is 8.00. The molecule has 94 valence electrons. The smallest absolute Gasteiger partial charge is 0.239 e. The molecule has 5 heteroatoms. The predicted molar refractivity (Wildman–Crippen MR) is 71.1 cm³/mol. The first-order chi connectivity index (χ1) is 7.20. The van der Waals surface area contributed by atoms with Crippen molar-refractivity contribution in [2.75, 3.05) is 12.3 Å². The summed E-state index contributed by atoms with van der Waals surface area (Å²) in [5, 5.41) is 0.676. The molecule has 0 aromatic rings. The van der Waals surface area contributed by atoms with Crippen LogP contribution in [-0.2, 0) is 4.79 Å². The molecule has 1 heterocycles. The summed E-state index contributed by atoms with van der Waals surface area (Å²) in [6.45, 7) is 2.69. The Labute approximate surface area is 108 Å². The van der Waals surface area contributed by atoms with Crippen molar-refractivity contribution in [3.05, 3.63) is 0 Å². The van der Waals surface area contributed by atoms with Crippen LogP contribution in [0.15, 0.2) is 0 Å². The van der Waals surface area contributed by atoms with Crippen LogP contribution in [0.3, 0.4) is 0 Å². The number of halogens is 1. The average molecular weight is 265 g/mol. The van der Waals surface area contributed by atoms with Crippen molar-refractivity contribution in [2.24, 2.45) is 5.73 Å². The Kier molecular flexibility index (Phi) is 5.41. The van der Waals surface area contributed by atoms with Gasteiger partial charge in [-0.15, -0.1) is 12.4 Å². The van der Waals surface area contributed by atoms with Gasteiger partial charge in [-0.3, -0.25) is 4.79 Å². The summed E-state index contributed by atoms with van der Waals surface area (Å²) < 4.78 is 0. The van der Waals surface area contributed by atoms with Crippen molar-refractivity contribution in [1.29, 1.82) is 0 Å². The molecule has 0 aromatic carbocycles. The minimum atomic E-state index is -0.337. The Bertz CT molecular complexity index is 248. The van der Waals surface area contributed by atoms with Gasteiger partial charge in [0.1, 0.15) is 0 Å². The van der Waals surface area contributed by atoms with Crippen molar-refractivity contribution in [3.8, 4) is 0 Å². The number of fused-ring (bicyclic) bond motifs is 1. The standard InChI is InChI=1S/C11H20N2OS.ClH/c1-8(12)11(14)13-6-7-15-10-5-3-2-4-9(10)13;/h8-10H,2-7,12H2,1H3;1H. The van der Waals surface area contributed by atoms with Gasteiger partial charge in [0, 0.05) is 23.6 Å². The largest absolute Gasteiger partial charge is 0.336 e. The number of thioether (sulfide) groups is 1. The lowest BCUT2D eigenvalue weighted by Crippen LogP contribution is -2.55. The maximum atomic E-state index is 11.9. The van der Waals surface area contributed by atoms with Crippen LogP contribution in [0.4, 0.5) is 0 Å². The summed E-state index contributed by atoms with van der Waals surface area (Å²) in [4.78, 5) is 14.0. The van der Waals surface area contributed by atoms with E-state index in [2.05, 4.69) is 0 Å². The maximum absolute atomic E-state index is 11.9. The molecule has 0 spiro atoms. The Morgan fingerprint density at radius 3 is 2.81 bits per heavy atom. The predicted octanol–water partition coefficient (Wildman–Crippen LogP) is 1.64. The molecule has 1 aliphatic heterocycles. The van der Waals surface area contributed by atoms with Gasteiger partial charge >= 0.3 is 0 Å². The number of nitrogens with zero attached hydrogens (tertiary/aromatic N) is 1. The first-order valence-corrected chi connectivity index (χ1v) is 6.92. The van der Waals surface area contributed by atoms with Gasteiger partial charge in [-0.25, -0.2) is 0 Å². The van der Waals surface area contributed by atoms with Crippen LogP contribution in [0, 0.1) is 0 Å². The third-order valence-corrected chi connectivity index (χ3v) is 4.80. The summed E-state index contributed by atoms with van der Waals surface area (Å²) in [6, 6.07) is 0.131. The van der Waals surface area contributed by atoms with E-state index < -0.39 is 0 Å². The molecule has 3 unspecified atom stereocenters. The van der Waals surface area contributed by atoms with E-state index in [1.807, 2.05) is 16.7 Å². The highest BCUT2D eigenvalue weighted by Gasteiger charge is 2.36. The lowest BCUT2D eigenvalue weighted by molar-refractivity contribution is -0.135. The van der Waals surface area contributed by atoms with E-state index in [9.17, 15) is 4.79 Å². The summed E-state index contributed by atoms with van der Waals surface area (Å²) in [6.07, 6.45) is 5.05. The number of hydrogen-bond acceptors (Lipinski definition) is 3. The number of amides is 1. The molecule has 1 saturated carbocycles. The number of carbonyl (C=O) groups excluding carboxylic acids is 1. The van der Waals surface area contributed by atoms with Crippen LogP contribution >= 0.6 is 24.2 Å². The zero-order valence-electron chi connectivity index (χ0n) is 9.72. The molecule has 0 bridgehead atoms. The molecule has 2 fully saturated rings. The van der Waals surface area contributed by atoms with Gasteiger partial charge in [-0.1, -0.05) is 12.8 Å². The fourth-order valence-corrected chi connectivity index (χ4v) is 4.08. The second-order valence-electron chi connectivity index (χ2n) is 4.58. The molecule has 0 aromatic heterocycles. The zero-order valence-corrected chi connectivity index (χ0v) is 11.4. The molecule has 16 heavy (non-hydrogen) atoms. The third-order valence-electron chi connectivity index (χ3n) is 3.40. The van der Waals surface area contributed by atoms with Crippen molar-refractivity contribution in [3.63, 3.8) is 0 Å². The second-order valence-corrected chi connectivity index (χ2v) is 5.93. The fourth-order valence-electron chi connectivity index (χ4n) is 2.63. The molecule has 1 aliphatic carbocycles. The highest BCUT2D eigenvalue weighted by atomic mass is 35.5. The molecule has 1 saturated heterocycles. The third kappa shape index (κ3) is 2.84. The normalized spacial score (nSPS) is 31.2. The van der Waals surface area contributed by atoms with Crippen LogP contribution < -0.4 is 5.73 Å². The van der Waals surface area contributed by atoms with E-state index in [-0.39, 0.29) is 24.4 Å². The van der Waals surface area contributed by atoms with E-state index in [1.165, 1.54) is 25.7 Å². The van der Waals surface area contributed by atoms with Crippen LogP contribution in [0.25, 0.3) is 0 Å². The monoisotopic (exact) mass is 264 g/mol. The number of nitrogens with two attached hydrogens (primary N) is 1.